The number of carbonyl (C=O) groups is 3. The van der Waals surface area contributed by atoms with E-state index in [-0.39, 0.29) is 60.5 Å². The lowest BCUT2D eigenvalue weighted by Crippen LogP contribution is -2.45. The molecule has 3 aliphatic heterocycles. The van der Waals surface area contributed by atoms with Crippen molar-refractivity contribution < 1.29 is 54.9 Å². The number of thiophene rings is 2. The molecule has 0 aliphatic carbocycles. The minimum atomic E-state index is -4.45. The molecular formula is C51H46ClF6N3O6S2. The second-order valence-corrected chi connectivity index (χ2v) is 19.2. The summed E-state index contributed by atoms with van der Waals surface area (Å²) < 4.78 is 98.2. The summed E-state index contributed by atoms with van der Waals surface area (Å²) in [4.78, 5) is 42.0. The number of amides is 2. The molecule has 6 aromatic rings. The first-order chi connectivity index (χ1) is 33.1. The lowest BCUT2D eigenvalue weighted by molar-refractivity contribution is -0.147. The Hall–Kier alpha value is -5.88. The number of carbonyl (C=O) groups excluding carboxylic acids is 3. The molecule has 0 N–H and O–H groups in total. The van der Waals surface area contributed by atoms with E-state index in [4.69, 9.17) is 25.8 Å². The highest BCUT2D eigenvalue weighted by atomic mass is 35.5. The maximum Gasteiger partial charge on any atom is 0.426 e. The van der Waals surface area contributed by atoms with Gasteiger partial charge in [0.25, 0.3) is 0 Å². The van der Waals surface area contributed by atoms with Crippen LogP contribution in [0.3, 0.4) is 0 Å². The standard InChI is InChI=1S/C29H29F3N2O4S.C22H17ClF3NO2S/c1-37-28(36)21-8-5-12-33(16-21)17-26(35)34-13-11-20-14-22(9-10-25(20)34)38-18-23-15-24(19-6-3-2-4-7-19)27(39-23)29(30,31)32;23-12-20(28)27-9-8-15-10-16(6-7-19(15)27)29-13-17-11-18(14-4-2-1-3-5-14)21(30-17)22(24,25)26/h2-4,6-7,9-10,14-15,21H,5,8,11-13,16-18H2,1H3;1-7,10-11H,8-9,12-13H2/t21-;/m1./s1. The third-order valence-electron chi connectivity index (χ3n) is 12.0. The number of halogens is 7. The zero-order chi connectivity index (χ0) is 48.9. The molecule has 1 fully saturated rings. The largest absolute Gasteiger partial charge is 0.488 e. The minimum Gasteiger partial charge on any atom is -0.488 e. The van der Waals surface area contributed by atoms with Gasteiger partial charge in [-0.05, 0) is 103 Å². The van der Waals surface area contributed by atoms with Crippen molar-refractivity contribution >= 4 is 63.4 Å². The zero-order valence-electron chi connectivity index (χ0n) is 37.2. The Balaban J connectivity index is 0.000000192. The number of piperidine rings is 1. The first kappa shape index (κ1) is 49.5. The van der Waals surface area contributed by atoms with Gasteiger partial charge in [0.2, 0.25) is 11.8 Å². The highest BCUT2D eigenvalue weighted by Crippen LogP contribution is 2.45. The molecule has 2 aromatic heterocycles. The molecule has 362 valence electrons. The molecule has 1 atom stereocenters. The summed E-state index contributed by atoms with van der Waals surface area (Å²) >= 11 is 7.03. The number of hydrogen-bond donors (Lipinski definition) is 0. The van der Waals surface area contributed by atoms with Gasteiger partial charge in [-0.25, -0.2) is 0 Å². The van der Waals surface area contributed by atoms with Crippen molar-refractivity contribution in [3.8, 4) is 33.8 Å². The van der Waals surface area contributed by atoms with Crippen LogP contribution in [0.1, 0.15) is 43.5 Å². The van der Waals surface area contributed by atoms with E-state index >= 15 is 0 Å². The fraction of sp³-hybridized carbons (Fsp3) is 0.314. The summed E-state index contributed by atoms with van der Waals surface area (Å²) in [5, 5.41) is 0. The Morgan fingerprint density at radius 1 is 0.652 bits per heavy atom. The van der Waals surface area contributed by atoms with Crippen LogP contribution in [0.2, 0.25) is 0 Å². The number of rotatable bonds is 12. The van der Waals surface area contributed by atoms with Crippen LogP contribution in [-0.2, 0) is 57.5 Å². The molecule has 3 aliphatic rings. The summed E-state index contributed by atoms with van der Waals surface area (Å²) in [5.41, 5.74) is 4.88. The van der Waals surface area contributed by atoms with Gasteiger partial charge in [-0.1, -0.05) is 60.7 Å². The predicted octanol–water partition coefficient (Wildman–Crippen LogP) is 11.9. The molecule has 9 rings (SSSR count). The molecule has 5 heterocycles. The molecule has 2 amide bonds. The fourth-order valence-corrected chi connectivity index (χ4v) is 10.8. The second-order valence-electron chi connectivity index (χ2n) is 16.6. The Bertz CT molecular complexity index is 2780. The quantitative estimate of drug-likeness (QED) is 0.0685. The summed E-state index contributed by atoms with van der Waals surface area (Å²) in [7, 11) is 1.38. The smallest absolute Gasteiger partial charge is 0.426 e. The lowest BCUT2D eigenvalue weighted by atomic mass is 9.98. The van der Waals surface area contributed by atoms with Crippen molar-refractivity contribution in [3.05, 3.63) is 140 Å². The van der Waals surface area contributed by atoms with E-state index in [0.29, 0.717) is 87.5 Å². The summed E-state index contributed by atoms with van der Waals surface area (Å²) in [5.74, 6) is 0.387. The number of likely N-dealkylation sites (tertiary alicyclic amines) is 1. The number of anilines is 2. The van der Waals surface area contributed by atoms with E-state index < -0.39 is 22.1 Å². The number of fused-ring (bicyclic) bond motifs is 2. The van der Waals surface area contributed by atoms with Crippen molar-refractivity contribution in [3.63, 3.8) is 0 Å². The van der Waals surface area contributed by atoms with Crippen LogP contribution in [0.25, 0.3) is 22.3 Å². The first-order valence-corrected chi connectivity index (χ1v) is 24.2. The molecule has 9 nitrogen and oxygen atoms in total. The number of ether oxygens (including phenoxy) is 3. The first-order valence-electron chi connectivity index (χ1n) is 22.1. The maximum atomic E-state index is 13.7. The van der Waals surface area contributed by atoms with Crippen LogP contribution >= 0.6 is 34.3 Å². The molecule has 0 bridgehead atoms. The number of hydrogen-bond acceptors (Lipinski definition) is 9. The Kier molecular flexibility index (Phi) is 15.4. The number of methoxy groups -OCH3 is 1. The van der Waals surface area contributed by atoms with Crippen molar-refractivity contribution in [2.24, 2.45) is 5.92 Å². The average Bonchev–Trinajstić information content (AvgIpc) is 4.18. The van der Waals surface area contributed by atoms with Gasteiger partial charge in [0.05, 0.1) is 19.6 Å². The second kappa shape index (κ2) is 21.4. The van der Waals surface area contributed by atoms with Gasteiger partial charge < -0.3 is 24.0 Å². The van der Waals surface area contributed by atoms with Crippen LogP contribution in [0, 0.1) is 5.92 Å². The van der Waals surface area contributed by atoms with Gasteiger partial charge in [0.15, 0.2) is 0 Å². The monoisotopic (exact) mass is 1010 g/mol. The average molecular weight is 1010 g/mol. The third kappa shape index (κ3) is 11.8. The van der Waals surface area contributed by atoms with Crippen LogP contribution in [0.15, 0.2) is 109 Å². The van der Waals surface area contributed by atoms with E-state index in [1.165, 1.54) is 13.2 Å². The van der Waals surface area contributed by atoms with Crippen molar-refractivity contribution in [2.45, 2.75) is 51.2 Å². The van der Waals surface area contributed by atoms with Gasteiger partial charge in [0.1, 0.15) is 40.3 Å². The van der Waals surface area contributed by atoms with E-state index in [1.807, 2.05) is 23.1 Å². The van der Waals surface area contributed by atoms with Crippen molar-refractivity contribution in [2.75, 3.05) is 55.5 Å². The van der Waals surface area contributed by atoms with Crippen LogP contribution in [-0.4, -0.2) is 68.4 Å². The number of esters is 1. The SMILES string of the molecule is COC(=O)[C@@H]1CCCN(CC(=O)N2CCc3cc(OCc4cc(-c5ccccc5)c(C(F)(F)F)s4)ccc32)C1.O=C(CCl)N1CCc2cc(OCc3cc(-c4ccccc4)c(C(F)(F)F)s3)ccc21. The normalized spacial score (nSPS) is 15.8. The van der Waals surface area contributed by atoms with Gasteiger partial charge >= 0.3 is 18.3 Å². The summed E-state index contributed by atoms with van der Waals surface area (Å²) in [6.07, 6.45) is -5.93. The van der Waals surface area contributed by atoms with Gasteiger partial charge in [-0.3, -0.25) is 19.3 Å². The van der Waals surface area contributed by atoms with Crippen molar-refractivity contribution in [1.82, 2.24) is 4.90 Å². The van der Waals surface area contributed by atoms with Gasteiger partial charge in [-0.15, -0.1) is 34.3 Å². The topological polar surface area (TPSA) is 88.6 Å². The molecule has 1 saturated heterocycles. The lowest BCUT2D eigenvalue weighted by Gasteiger charge is -2.32. The van der Waals surface area contributed by atoms with Crippen LogP contribution in [0.5, 0.6) is 11.5 Å². The number of benzene rings is 4. The Labute approximate surface area is 407 Å². The Morgan fingerprint density at radius 2 is 1.13 bits per heavy atom. The molecule has 18 heteroatoms. The zero-order valence-corrected chi connectivity index (χ0v) is 39.6. The molecule has 0 saturated carbocycles. The molecule has 4 aromatic carbocycles. The fourth-order valence-electron chi connectivity index (χ4n) is 8.78. The summed E-state index contributed by atoms with van der Waals surface area (Å²) in [6, 6.07) is 30.9. The van der Waals surface area contributed by atoms with Crippen molar-refractivity contribution in [1.29, 1.82) is 0 Å². The summed E-state index contributed by atoms with van der Waals surface area (Å²) in [6.45, 7) is 2.65. The third-order valence-corrected chi connectivity index (χ3v) is 14.6. The van der Waals surface area contributed by atoms with Gasteiger partial charge in [-0.2, -0.15) is 26.3 Å². The van der Waals surface area contributed by atoms with E-state index in [2.05, 4.69) is 0 Å². The highest BCUT2D eigenvalue weighted by Gasteiger charge is 2.38. The predicted molar refractivity (Wildman–Crippen MR) is 255 cm³/mol. The molecule has 69 heavy (non-hydrogen) atoms. The van der Waals surface area contributed by atoms with E-state index in [1.54, 1.807) is 94.7 Å². The minimum absolute atomic E-state index is 0.0122. The van der Waals surface area contributed by atoms with E-state index in [0.717, 1.165) is 41.9 Å². The molecule has 0 radical (unpaired) electrons. The molecule has 0 spiro atoms. The number of nitrogens with zero attached hydrogens (tertiary/aromatic N) is 3. The maximum absolute atomic E-state index is 13.7. The highest BCUT2D eigenvalue weighted by molar-refractivity contribution is 7.13. The number of alkyl halides is 7. The van der Waals surface area contributed by atoms with Crippen LogP contribution in [0.4, 0.5) is 37.7 Å². The molecule has 0 unspecified atom stereocenters. The van der Waals surface area contributed by atoms with Crippen LogP contribution < -0.4 is 19.3 Å². The molecular weight excluding hydrogens is 964 g/mol. The Morgan fingerprint density at radius 3 is 1.58 bits per heavy atom. The van der Waals surface area contributed by atoms with E-state index in [9.17, 15) is 40.7 Å². The van der Waals surface area contributed by atoms with Gasteiger partial charge in [0, 0.05) is 51.9 Å².